The number of carbonyl (C=O) groups excluding carboxylic acids is 1. The lowest BCUT2D eigenvalue weighted by Gasteiger charge is -2.34. The van der Waals surface area contributed by atoms with Gasteiger partial charge in [-0.3, -0.25) is 9.69 Å². The van der Waals surface area contributed by atoms with Crippen molar-refractivity contribution < 1.29 is 4.79 Å². The predicted octanol–water partition coefficient (Wildman–Crippen LogP) is 1.02. The fourth-order valence-electron chi connectivity index (χ4n) is 2.73. The van der Waals surface area contributed by atoms with E-state index >= 15 is 0 Å². The zero-order chi connectivity index (χ0) is 13.9. The summed E-state index contributed by atoms with van der Waals surface area (Å²) in [5.74, 6) is 1.38. The van der Waals surface area contributed by atoms with Crippen LogP contribution in [0.5, 0.6) is 0 Å². The highest BCUT2D eigenvalue weighted by atomic mass is 32.2. The van der Waals surface area contributed by atoms with E-state index in [1.54, 1.807) is 0 Å². The molecule has 4 nitrogen and oxygen atoms in total. The number of hydrogen-bond acceptors (Lipinski definition) is 4. The molecule has 1 N–H and O–H groups in total. The Morgan fingerprint density at radius 1 is 1.21 bits per heavy atom. The summed E-state index contributed by atoms with van der Waals surface area (Å²) in [4.78, 5) is 17.0. The highest BCUT2D eigenvalue weighted by molar-refractivity contribution is 8.00. The van der Waals surface area contributed by atoms with Crippen molar-refractivity contribution in [1.29, 1.82) is 0 Å². The summed E-state index contributed by atoms with van der Waals surface area (Å²) in [6, 6.07) is 0.0355. The third-order valence-electron chi connectivity index (χ3n) is 4.21. The summed E-state index contributed by atoms with van der Waals surface area (Å²) in [6.45, 7) is 12.4. The van der Waals surface area contributed by atoms with Crippen LogP contribution in [0.3, 0.4) is 0 Å². The zero-order valence-corrected chi connectivity index (χ0v) is 13.3. The first-order valence-corrected chi connectivity index (χ1v) is 8.36. The van der Waals surface area contributed by atoms with E-state index in [1.807, 2.05) is 11.8 Å². The molecule has 2 heterocycles. The van der Waals surface area contributed by atoms with Crippen LogP contribution in [-0.4, -0.2) is 71.5 Å². The molecule has 0 aromatic rings. The summed E-state index contributed by atoms with van der Waals surface area (Å²) >= 11 is 1.99. The fourth-order valence-corrected chi connectivity index (χ4v) is 3.83. The number of nitrogens with zero attached hydrogens (tertiary/aromatic N) is 2. The van der Waals surface area contributed by atoms with Crippen LogP contribution in [0.15, 0.2) is 0 Å². The van der Waals surface area contributed by atoms with Gasteiger partial charge in [0.25, 0.3) is 0 Å². The van der Waals surface area contributed by atoms with Crippen LogP contribution in [0, 0.1) is 0 Å². The van der Waals surface area contributed by atoms with Gasteiger partial charge in [-0.05, 0) is 13.3 Å². The summed E-state index contributed by atoms with van der Waals surface area (Å²) < 4.78 is 0.313. The van der Waals surface area contributed by atoms with E-state index in [4.69, 9.17) is 0 Å². The molecule has 19 heavy (non-hydrogen) atoms. The molecule has 1 amide bonds. The van der Waals surface area contributed by atoms with Crippen molar-refractivity contribution in [2.45, 2.75) is 38.0 Å². The molecule has 2 aliphatic heterocycles. The number of piperazine rings is 1. The molecule has 5 heteroatoms. The SMILES string of the molecule is CC(C(=O)N1CCSC(C)(C)CC1)N1CCNCC1. The number of amides is 1. The van der Waals surface area contributed by atoms with E-state index in [9.17, 15) is 4.79 Å². The van der Waals surface area contributed by atoms with Crippen molar-refractivity contribution >= 4 is 17.7 Å². The highest BCUT2D eigenvalue weighted by Gasteiger charge is 2.30. The number of nitrogens with one attached hydrogen (secondary N) is 1. The first-order chi connectivity index (χ1) is 8.99. The van der Waals surface area contributed by atoms with Crippen LogP contribution >= 0.6 is 11.8 Å². The molecular weight excluding hydrogens is 258 g/mol. The van der Waals surface area contributed by atoms with Crippen LogP contribution in [0.1, 0.15) is 27.2 Å². The van der Waals surface area contributed by atoms with Crippen LogP contribution < -0.4 is 5.32 Å². The Balaban J connectivity index is 1.91. The van der Waals surface area contributed by atoms with E-state index in [1.165, 1.54) is 0 Å². The molecule has 0 radical (unpaired) electrons. The number of hydrogen-bond donors (Lipinski definition) is 1. The van der Waals surface area contributed by atoms with Crippen LogP contribution in [-0.2, 0) is 4.79 Å². The summed E-state index contributed by atoms with van der Waals surface area (Å²) in [7, 11) is 0. The molecule has 0 saturated carbocycles. The number of rotatable bonds is 2. The van der Waals surface area contributed by atoms with Crippen molar-refractivity contribution in [3.05, 3.63) is 0 Å². The van der Waals surface area contributed by atoms with Gasteiger partial charge < -0.3 is 10.2 Å². The minimum absolute atomic E-state index is 0.0355. The Kier molecular flexibility index (Phi) is 5.15. The Bertz CT molecular complexity index is 316. The molecule has 0 aromatic heterocycles. The second-order valence-corrected chi connectivity index (χ2v) is 7.95. The first kappa shape index (κ1) is 15.1. The molecule has 1 unspecified atom stereocenters. The van der Waals surface area contributed by atoms with Gasteiger partial charge in [0.2, 0.25) is 5.91 Å². The number of thioether (sulfide) groups is 1. The topological polar surface area (TPSA) is 35.6 Å². The molecule has 110 valence electrons. The molecule has 2 aliphatic rings. The van der Waals surface area contributed by atoms with E-state index in [0.717, 1.165) is 51.4 Å². The van der Waals surface area contributed by atoms with E-state index < -0.39 is 0 Å². The molecule has 0 spiro atoms. The van der Waals surface area contributed by atoms with E-state index in [2.05, 4.69) is 35.9 Å². The lowest BCUT2D eigenvalue weighted by Crippen LogP contribution is -2.53. The predicted molar refractivity (Wildman–Crippen MR) is 81.6 cm³/mol. The molecule has 0 aliphatic carbocycles. The van der Waals surface area contributed by atoms with E-state index in [0.29, 0.717) is 10.7 Å². The minimum atomic E-state index is 0.0355. The molecule has 0 bridgehead atoms. The summed E-state index contributed by atoms with van der Waals surface area (Å²) in [6.07, 6.45) is 1.09. The summed E-state index contributed by atoms with van der Waals surface area (Å²) in [5.41, 5.74) is 0. The Morgan fingerprint density at radius 2 is 1.89 bits per heavy atom. The third-order valence-corrected chi connectivity index (χ3v) is 5.58. The Hall–Kier alpha value is -0.260. The lowest BCUT2D eigenvalue weighted by molar-refractivity contribution is -0.136. The monoisotopic (exact) mass is 285 g/mol. The average molecular weight is 285 g/mol. The molecule has 0 aromatic carbocycles. The third kappa shape index (κ3) is 4.10. The van der Waals surface area contributed by atoms with Gasteiger partial charge in [-0.1, -0.05) is 13.8 Å². The lowest BCUT2D eigenvalue weighted by atomic mass is 10.1. The van der Waals surface area contributed by atoms with E-state index in [-0.39, 0.29) is 6.04 Å². The normalized spacial score (nSPS) is 26.8. The van der Waals surface area contributed by atoms with Crippen molar-refractivity contribution in [3.8, 4) is 0 Å². The van der Waals surface area contributed by atoms with Crippen LogP contribution in [0.2, 0.25) is 0 Å². The highest BCUT2D eigenvalue weighted by Crippen LogP contribution is 2.30. The Labute approximate surface area is 121 Å². The molecule has 2 fully saturated rings. The van der Waals surface area contributed by atoms with Crippen molar-refractivity contribution in [1.82, 2.24) is 15.1 Å². The zero-order valence-electron chi connectivity index (χ0n) is 12.4. The van der Waals surface area contributed by atoms with Gasteiger partial charge in [-0.15, -0.1) is 0 Å². The van der Waals surface area contributed by atoms with Crippen molar-refractivity contribution in [3.63, 3.8) is 0 Å². The largest absolute Gasteiger partial charge is 0.340 e. The molecule has 2 saturated heterocycles. The second kappa shape index (κ2) is 6.46. The second-order valence-electron chi connectivity index (χ2n) is 6.15. The van der Waals surface area contributed by atoms with Gasteiger partial charge in [0, 0.05) is 49.8 Å². The van der Waals surface area contributed by atoms with Crippen LogP contribution in [0.25, 0.3) is 0 Å². The number of carbonyl (C=O) groups is 1. The fraction of sp³-hybridized carbons (Fsp3) is 0.929. The molecule has 2 rings (SSSR count). The maximum absolute atomic E-state index is 12.6. The molecular formula is C14H27N3OS. The van der Waals surface area contributed by atoms with Gasteiger partial charge >= 0.3 is 0 Å². The maximum atomic E-state index is 12.6. The standard InChI is InChI=1S/C14H27N3OS/c1-12(16-8-5-15-6-9-16)13(18)17-7-4-14(2,3)19-11-10-17/h12,15H,4-11H2,1-3H3. The first-order valence-electron chi connectivity index (χ1n) is 7.37. The van der Waals surface area contributed by atoms with Gasteiger partial charge in [-0.25, -0.2) is 0 Å². The molecule has 1 atom stereocenters. The van der Waals surface area contributed by atoms with Gasteiger partial charge in [0.15, 0.2) is 0 Å². The Morgan fingerprint density at radius 3 is 2.58 bits per heavy atom. The van der Waals surface area contributed by atoms with Gasteiger partial charge in [0.1, 0.15) is 0 Å². The smallest absolute Gasteiger partial charge is 0.239 e. The van der Waals surface area contributed by atoms with Gasteiger partial charge in [-0.2, -0.15) is 11.8 Å². The van der Waals surface area contributed by atoms with Crippen molar-refractivity contribution in [2.75, 3.05) is 45.0 Å². The van der Waals surface area contributed by atoms with Gasteiger partial charge in [0.05, 0.1) is 6.04 Å². The minimum Gasteiger partial charge on any atom is -0.340 e. The summed E-state index contributed by atoms with van der Waals surface area (Å²) in [5, 5.41) is 3.34. The quantitative estimate of drug-likeness (QED) is 0.822. The maximum Gasteiger partial charge on any atom is 0.239 e. The van der Waals surface area contributed by atoms with Crippen LogP contribution in [0.4, 0.5) is 0 Å². The van der Waals surface area contributed by atoms with Crippen molar-refractivity contribution in [2.24, 2.45) is 0 Å². The average Bonchev–Trinajstić information content (AvgIpc) is 2.59.